The third-order valence-electron chi connectivity index (χ3n) is 3.46. The second-order valence-electron chi connectivity index (χ2n) is 5.04. The second-order valence-corrected chi connectivity index (χ2v) is 5.51. The van der Waals surface area contributed by atoms with Crippen LogP contribution in [-0.2, 0) is 9.53 Å². The number of methoxy groups -OCH3 is 2. The number of ether oxygens (including phenoxy) is 2. The number of rotatable bonds is 5. The molecule has 6 heteroatoms. The zero-order valence-corrected chi connectivity index (χ0v) is 13.9. The molecule has 1 aromatic heterocycles. The highest BCUT2D eigenvalue weighted by atomic mass is 32.1. The van der Waals surface area contributed by atoms with E-state index in [-0.39, 0.29) is 5.78 Å². The van der Waals surface area contributed by atoms with Crippen LogP contribution in [0.5, 0.6) is 5.88 Å². The van der Waals surface area contributed by atoms with Crippen LogP contribution in [0.1, 0.15) is 24.1 Å². The molecule has 0 fully saturated rings. The van der Waals surface area contributed by atoms with Crippen LogP contribution >= 0.6 is 12.2 Å². The molecular formula is C16H20N2O3S. The lowest BCUT2D eigenvalue weighted by molar-refractivity contribution is -0.114. The fourth-order valence-electron chi connectivity index (χ4n) is 2.34. The first-order valence-corrected chi connectivity index (χ1v) is 7.53. The number of allylic oxidation sites excluding steroid dienone is 1. The molecule has 0 spiro atoms. The van der Waals surface area contributed by atoms with Gasteiger partial charge in [0.15, 0.2) is 5.78 Å². The Bertz CT molecular complexity index is 613. The van der Waals surface area contributed by atoms with E-state index in [4.69, 9.17) is 21.7 Å². The zero-order valence-electron chi connectivity index (χ0n) is 13.1. The molecular weight excluding hydrogens is 300 g/mol. The van der Waals surface area contributed by atoms with Gasteiger partial charge in [-0.25, -0.2) is 4.98 Å². The molecule has 0 radical (unpaired) electrons. The molecule has 0 atom stereocenters. The van der Waals surface area contributed by atoms with Crippen LogP contribution in [0.3, 0.4) is 0 Å². The van der Waals surface area contributed by atoms with Crippen molar-refractivity contribution >= 4 is 28.7 Å². The van der Waals surface area contributed by atoms with Gasteiger partial charge in [0.2, 0.25) is 5.88 Å². The molecule has 1 aliphatic rings. The number of hydrogen-bond acceptors (Lipinski definition) is 5. The van der Waals surface area contributed by atoms with Gasteiger partial charge in [-0.3, -0.25) is 4.79 Å². The van der Waals surface area contributed by atoms with Crippen LogP contribution in [0.15, 0.2) is 18.2 Å². The van der Waals surface area contributed by atoms with Gasteiger partial charge in [-0.2, -0.15) is 0 Å². The van der Waals surface area contributed by atoms with Crippen molar-refractivity contribution in [2.75, 3.05) is 27.4 Å². The smallest absolute Gasteiger partial charge is 0.222 e. The first kappa shape index (κ1) is 16.6. The molecule has 0 aliphatic carbocycles. The van der Waals surface area contributed by atoms with Crippen molar-refractivity contribution < 1.29 is 14.3 Å². The molecule has 0 unspecified atom stereocenters. The molecule has 1 aliphatic heterocycles. The topological polar surface area (TPSA) is 51.7 Å². The van der Waals surface area contributed by atoms with E-state index in [1.54, 1.807) is 20.3 Å². The summed E-state index contributed by atoms with van der Waals surface area (Å²) in [6.45, 7) is 3.00. The van der Waals surface area contributed by atoms with Gasteiger partial charge >= 0.3 is 0 Å². The van der Waals surface area contributed by atoms with Crippen LogP contribution in [0.25, 0.3) is 5.70 Å². The molecule has 0 saturated carbocycles. The normalized spacial score (nSPS) is 15.6. The van der Waals surface area contributed by atoms with Gasteiger partial charge in [-0.1, -0.05) is 12.2 Å². The van der Waals surface area contributed by atoms with Crippen molar-refractivity contribution in [1.29, 1.82) is 0 Å². The Kier molecular flexibility index (Phi) is 5.63. The number of thiocarbonyl (C=S) groups is 1. The van der Waals surface area contributed by atoms with Gasteiger partial charge < -0.3 is 14.4 Å². The Morgan fingerprint density at radius 1 is 1.32 bits per heavy atom. The molecule has 2 heterocycles. The Hall–Kier alpha value is -1.79. The van der Waals surface area contributed by atoms with Crippen LogP contribution < -0.4 is 4.74 Å². The molecule has 118 valence electrons. The van der Waals surface area contributed by atoms with Crippen molar-refractivity contribution in [2.45, 2.75) is 19.8 Å². The molecule has 0 N–H and O–H groups in total. The van der Waals surface area contributed by atoms with E-state index >= 15 is 0 Å². The maximum absolute atomic E-state index is 12.0. The van der Waals surface area contributed by atoms with Crippen molar-refractivity contribution in [2.24, 2.45) is 0 Å². The summed E-state index contributed by atoms with van der Waals surface area (Å²) in [7, 11) is 3.21. The average molecular weight is 320 g/mol. The van der Waals surface area contributed by atoms with Gasteiger partial charge in [-0.05, 0) is 19.1 Å². The third kappa shape index (κ3) is 3.69. The van der Waals surface area contributed by atoms with Crippen LogP contribution in [-0.4, -0.2) is 48.0 Å². The minimum atomic E-state index is 0.0555. The van der Waals surface area contributed by atoms with Gasteiger partial charge in [0, 0.05) is 38.3 Å². The van der Waals surface area contributed by atoms with E-state index in [2.05, 4.69) is 4.98 Å². The SMILES string of the molecule is COCCN1C(=S)CCC(=O)C=C1c1ccc(C)nc1OC. The Morgan fingerprint density at radius 3 is 2.77 bits per heavy atom. The molecule has 0 saturated heterocycles. The summed E-state index contributed by atoms with van der Waals surface area (Å²) in [6.07, 6.45) is 2.62. The summed E-state index contributed by atoms with van der Waals surface area (Å²) in [4.78, 5) is 19.1. The van der Waals surface area contributed by atoms with Gasteiger partial charge in [0.1, 0.15) is 0 Å². The van der Waals surface area contributed by atoms with E-state index in [0.29, 0.717) is 31.9 Å². The first-order valence-electron chi connectivity index (χ1n) is 7.12. The summed E-state index contributed by atoms with van der Waals surface area (Å²) in [5.74, 6) is 0.547. The summed E-state index contributed by atoms with van der Waals surface area (Å²) in [5.41, 5.74) is 2.35. The number of pyridine rings is 1. The number of carbonyl (C=O) groups excluding carboxylic acids is 1. The largest absolute Gasteiger partial charge is 0.480 e. The fourth-order valence-corrected chi connectivity index (χ4v) is 2.63. The van der Waals surface area contributed by atoms with Crippen molar-refractivity contribution in [3.63, 3.8) is 0 Å². The lowest BCUT2D eigenvalue weighted by atomic mass is 10.1. The number of hydrogen-bond donors (Lipinski definition) is 0. The predicted octanol–water partition coefficient (Wildman–Crippen LogP) is 2.38. The predicted molar refractivity (Wildman–Crippen MR) is 88.9 cm³/mol. The second kappa shape index (κ2) is 7.47. The van der Waals surface area contributed by atoms with Gasteiger partial charge in [0.25, 0.3) is 0 Å². The Balaban J connectivity index is 2.50. The van der Waals surface area contributed by atoms with E-state index in [9.17, 15) is 4.79 Å². The lowest BCUT2D eigenvalue weighted by Crippen LogP contribution is -2.30. The van der Waals surface area contributed by atoms with Crippen LogP contribution in [0.4, 0.5) is 0 Å². The molecule has 2 rings (SSSR count). The highest BCUT2D eigenvalue weighted by Gasteiger charge is 2.24. The third-order valence-corrected chi connectivity index (χ3v) is 3.89. The van der Waals surface area contributed by atoms with Gasteiger partial charge in [0.05, 0.1) is 30.0 Å². The highest BCUT2D eigenvalue weighted by molar-refractivity contribution is 7.80. The van der Waals surface area contributed by atoms with Gasteiger partial charge in [-0.15, -0.1) is 0 Å². The van der Waals surface area contributed by atoms with Crippen molar-refractivity contribution in [3.8, 4) is 5.88 Å². The quantitative estimate of drug-likeness (QED) is 0.777. The van der Waals surface area contributed by atoms with Crippen molar-refractivity contribution in [3.05, 3.63) is 29.5 Å². The number of nitrogens with zero attached hydrogens (tertiary/aromatic N) is 2. The molecule has 5 nitrogen and oxygen atoms in total. The summed E-state index contributed by atoms with van der Waals surface area (Å²) >= 11 is 5.48. The maximum Gasteiger partial charge on any atom is 0.222 e. The maximum atomic E-state index is 12.0. The first-order chi connectivity index (χ1) is 10.6. The summed E-state index contributed by atoms with van der Waals surface area (Å²) < 4.78 is 10.5. The van der Waals surface area contributed by atoms with Crippen LogP contribution in [0, 0.1) is 6.92 Å². The minimum Gasteiger partial charge on any atom is -0.480 e. The van der Waals surface area contributed by atoms with Crippen molar-refractivity contribution in [1.82, 2.24) is 9.88 Å². The van der Waals surface area contributed by atoms with E-state index in [1.165, 1.54) is 0 Å². The minimum absolute atomic E-state index is 0.0555. The average Bonchev–Trinajstić information content (AvgIpc) is 2.64. The molecule has 0 aromatic carbocycles. The molecule has 1 aromatic rings. The van der Waals surface area contributed by atoms with E-state index in [1.807, 2.05) is 24.0 Å². The molecule has 0 amide bonds. The lowest BCUT2D eigenvalue weighted by Gasteiger charge is -2.27. The number of ketones is 1. The number of carbonyl (C=O) groups is 1. The summed E-state index contributed by atoms with van der Waals surface area (Å²) in [6, 6.07) is 3.81. The summed E-state index contributed by atoms with van der Waals surface area (Å²) in [5, 5.41) is 0. The van der Waals surface area contributed by atoms with E-state index < -0.39 is 0 Å². The molecule has 22 heavy (non-hydrogen) atoms. The number of aromatic nitrogens is 1. The Labute approximate surface area is 135 Å². The van der Waals surface area contributed by atoms with E-state index in [0.717, 1.165) is 21.9 Å². The monoisotopic (exact) mass is 320 g/mol. The Morgan fingerprint density at radius 2 is 2.09 bits per heavy atom. The zero-order chi connectivity index (χ0) is 16.1. The van der Waals surface area contributed by atoms with Crippen LogP contribution in [0.2, 0.25) is 0 Å². The molecule has 0 bridgehead atoms. The fraction of sp³-hybridized carbons (Fsp3) is 0.438. The standard InChI is InChI=1S/C16H20N2O3S/c1-11-4-6-13(16(17-11)21-3)14-10-12(19)5-7-15(22)18(14)8-9-20-2/h4,6,10H,5,7-9H2,1-3H3. The number of aryl methyl sites for hydroxylation is 1. The highest BCUT2D eigenvalue weighted by Crippen LogP contribution is 2.30.